The summed E-state index contributed by atoms with van der Waals surface area (Å²) in [6.45, 7) is 3.77. The summed E-state index contributed by atoms with van der Waals surface area (Å²) in [6, 6.07) is 8.03. The minimum atomic E-state index is 0.796. The molecule has 0 amide bonds. The lowest BCUT2D eigenvalue weighted by Gasteiger charge is -2.36. The van der Waals surface area contributed by atoms with E-state index in [-0.39, 0.29) is 0 Å². The van der Waals surface area contributed by atoms with Gasteiger partial charge in [-0.15, -0.1) is 0 Å². The summed E-state index contributed by atoms with van der Waals surface area (Å²) in [6.07, 6.45) is 3.57. The minimum Gasteiger partial charge on any atom is -0.399 e. The molecule has 1 aliphatic rings. The zero-order valence-corrected chi connectivity index (χ0v) is 12.6. The number of halogens is 1. The van der Waals surface area contributed by atoms with Crippen LogP contribution >= 0.6 is 15.9 Å². The average molecular weight is 334 g/mol. The van der Waals surface area contributed by atoms with E-state index in [4.69, 9.17) is 5.73 Å². The highest BCUT2D eigenvalue weighted by atomic mass is 79.9. The molecule has 1 fully saturated rings. The van der Waals surface area contributed by atoms with E-state index in [1.807, 2.05) is 12.1 Å². The van der Waals surface area contributed by atoms with Crippen molar-refractivity contribution in [1.82, 2.24) is 9.97 Å². The van der Waals surface area contributed by atoms with Crippen molar-refractivity contribution in [1.29, 1.82) is 0 Å². The Morgan fingerprint density at radius 3 is 2.05 bits per heavy atom. The Balaban J connectivity index is 1.64. The molecule has 0 radical (unpaired) electrons. The molecule has 1 aliphatic heterocycles. The SMILES string of the molecule is Nc1ccc(N2CCN(c3ncc(Br)cn3)CC2)cc1. The van der Waals surface area contributed by atoms with Crippen LogP contribution in [0.1, 0.15) is 0 Å². The van der Waals surface area contributed by atoms with Crippen molar-refractivity contribution in [2.75, 3.05) is 41.7 Å². The predicted molar refractivity (Wildman–Crippen MR) is 85.0 cm³/mol. The van der Waals surface area contributed by atoms with E-state index in [0.29, 0.717) is 0 Å². The van der Waals surface area contributed by atoms with E-state index in [2.05, 4.69) is 47.8 Å². The molecule has 2 heterocycles. The number of anilines is 3. The van der Waals surface area contributed by atoms with Crippen LogP contribution in [-0.2, 0) is 0 Å². The molecule has 0 saturated carbocycles. The Morgan fingerprint density at radius 1 is 0.900 bits per heavy atom. The van der Waals surface area contributed by atoms with Crippen LogP contribution < -0.4 is 15.5 Å². The number of piperazine rings is 1. The number of hydrogen-bond acceptors (Lipinski definition) is 5. The van der Waals surface area contributed by atoms with E-state index < -0.39 is 0 Å². The van der Waals surface area contributed by atoms with Crippen LogP contribution in [0.25, 0.3) is 0 Å². The van der Waals surface area contributed by atoms with E-state index in [1.54, 1.807) is 12.4 Å². The number of benzene rings is 1. The standard InChI is InChI=1S/C14H16BrN5/c15-11-9-17-14(18-10-11)20-7-5-19(6-8-20)13-3-1-12(16)2-4-13/h1-4,9-10H,5-8,16H2. The van der Waals surface area contributed by atoms with Crippen molar-refractivity contribution in [2.45, 2.75) is 0 Å². The third-order valence-corrected chi connectivity index (χ3v) is 3.84. The zero-order chi connectivity index (χ0) is 13.9. The van der Waals surface area contributed by atoms with Crippen molar-refractivity contribution in [3.8, 4) is 0 Å². The fourth-order valence-electron chi connectivity index (χ4n) is 2.32. The third-order valence-electron chi connectivity index (χ3n) is 3.43. The first kappa shape index (κ1) is 13.2. The second kappa shape index (κ2) is 5.66. The molecule has 0 spiro atoms. The average Bonchev–Trinajstić information content (AvgIpc) is 2.49. The Labute approximate surface area is 126 Å². The largest absolute Gasteiger partial charge is 0.399 e. The second-order valence-electron chi connectivity index (χ2n) is 4.77. The first-order chi connectivity index (χ1) is 9.72. The van der Waals surface area contributed by atoms with Crippen LogP contribution in [0.5, 0.6) is 0 Å². The van der Waals surface area contributed by atoms with E-state index in [9.17, 15) is 0 Å². The number of rotatable bonds is 2. The molecule has 0 aliphatic carbocycles. The Kier molecular flexibility index (Phi) is 3.73. The van der Waals surface area contributed by atoms with Gasteiger partial charge in [0.15, 0.2) is 0 Å². The van der Waals surface area contributed by atoms with Crippen LogP contribution in [0.15, 0.2) is 41.1 Å². The van der Waals surface area contributed by atoms with Crippen LogP contribution in [0.2, 0.25) is 0 Å². The molecule has 2 aromatic rings. The molecule has 0 atom stereocenters. The third kappa shape index (κ3) is 2.85. The van der Waals surface area contributed by atoms with Gasteiger partial charge in [0, 0.05) is 49.9 Å². The van der Waals surface area contributed by atoms with E-state index in [0.717, 1.165) is 42.3 Å². The highest BCUT2D eigenvalue weighted by Gasteiger charge is 2.18. The molecule has 1 aromatic heterocycles. The summed E-state index contributed by atoms with van der Waals surface area (Å²) < 4.78 is 0.904. The summed E-state index contributed by atoms with van der Waals surface area (Å²) >= 11 is 3.35. The maximum atomic E-state index is 5.72. The quantitative estimate of drug-likeness (QED) is 0.853. The topological polar surface area (TPSA) is 58.3 Å². The molecular weight excluding hydrogens is 318 g/mol. The van der Waals surface area contributed by atoms with Gasteiger partial charge in [-0.2, -0.15) is 0 Å². The van der Waals surface area contributed by atoms with Gasteiger partial charge in [-0.05, 0) is 40.2 Å². The summed E-state index contributed by atoms with van der Waals surface area (Å²) in [4.78, 5) is 13.3. The fraction of sp³-hybridized carbons (Fsp3) is 0.286. The van der Waals surface area contributed by atoms with Gasteiger partial charge in [0.05, 0.1) is 4.47 Å². The lowest BCUT2D eigenvalue weighted by atomic mass is 10.2. The van der Waals surface area contributed by atoms with Gasteiger partial charge in [0.2, 0.25) is 5.95 Å². The fourth-order valence-corrected chi connectivity index (χ4v) is 2.52. The van der Waals surface area contributed by atoms with E-state index in [1.165, 1.54) is 5.69 Å². The lowest BCUT2D eigenvalue weighted by Crippen LogP contribution is -2.47. The molecule has 5 nitrogen and oxygen atoms in total. The van der Waals surface area contributed by atoms with Crippen LogP contribution in [-0.4, -0.2) is 36.1 Å². The summed E-state index contributed by atoms with van der Waals surface area (Å²) in [5, 5.41) is 0. The first-order valence-electron chi connectivity index (χ1n) is 6.55. The molecule has 2 N–H and O–H groups in total. The van der Waals surface area contributed by atoms with Gasteiger partial charge in [-0.1, -0.05) is 0 Å². The molecule has 20 heavy (non-hydrogen) atoms. The normalized spacial score (nSPS) is 15.4. The molecule has 1 saturated heterocycles. The number of nitrogens with two attached hydrogens (primary N) is 1. The van der Waals surface area contributed by atoms with Gasteiger partial charge in [-0.25, -0.2) is 9.97 Å². The maximum absolute atomic E-state index is 5.72. The number of nitrogen functional groups attached to an aromatic ring is 1. The first-order valence-corrected chi connectivity index (χ1v) is 7.35. The van der Waals surface area contributed by atoms with Gasteiger partial charge in [-0.3, -0.25) is 0 Å². The molecule has 104 valence electrons. The molecule has 1 aromatic carbocycles. The highest BCUT2D eigenvalue weighted by Crippen LogP contribution is 2.19. The van der Waals surface area contributed by atoms with Crippen molar-refractivity contribution in [2.24, 2.45) is 0 Å². The number of hydrogen-bond donors (Lipinski definition) is 1. The Morgan fingerprint density at radius 2 is 1.45 bits per heavy atom. The lowest BCUT2D eigenvalue weighted by molar-refractivity contribution is 0.640. The Hall–Kier alpha value is -1.82. The maximum Gasteiger partial charge on any atom is 0.225 e. The van der Waals surface area contributed by atoms with Crippen molar-refractivity contribution >= 4 is 33.3 Å². The van der Waals surface area contributed by atoms with Crippen LogP contribution in [0.3, 0.4) is 0 Å². The molecular formula is C14H16BrN5. The van der Waals surface area contributed by atoms with Gasteiger partial charge in [0.1, 0.15) is 0 Å². The molecule has 3 rings (SSSR count). The van der Waals surface area contributed by atoms with E-state index >= 15 is 0 Å². The van der Waals surface area contributed by atoms with Crippen LogP contribution in [0.4, 0.5) is 17.3 Å². The summed E-state index contributed by atoms with van der Waals surface area (Å²) in [5.41, 5.74) is 7.74. The van der Waals surface area contributed by atoms with Gasteiger partial charge >= 0.3 is 0 Å². The number of aromatic nitrogens is 2. The summed E-state index contributed by atoms with van der Waals surface area (Å²) in [7, 11) is 0. The van der Waals surface area contributed by atoms with Gasteiger partial charge < -0.3 is 15.5 Å². The van der Waals surface area contributed by atoms with Gasteiger partial charge in [0.25, 0.3) is 0 Å². The zero-order valence-electron chi connectivity index (χ0n) is 11.0. The molecule has 6 heteroatoms. The molecule has 0 bridgehead atoms. The second-order valence-corrected chi connectivity index (χ2v) is 5.68. The minimum absolute atomic E-state index is 0.796. The predicted octanol–water partition coefficient (Wildman–Crippen LogP) is 2.15. The summed E-state index contributed by atoms with van der Waals surface area (Å²) in [5.74, 6) is 0.796. The van der Waals surface area contributed by atoms with Crippen molar-refractivity contribution < 1.29 is 0 Å². The van der Waals surface area contributed by atoms with Crippen LogP contribution in [0, 0.1) is 0 Å². The highest BCUT2D eigenvalue weighted by molar-refractivity contribution is 9.10. The smallest absolute Gasteiger partial charge is 0.225 e. The number of nitrogens with zero attached hydrogens (tertiary/aromatic N) is 4. The Bertz CT molecular complexity index is 508. The van der Waals surface area contributed by atoms with Crippen molar-refractivity contribution in [3.05, 3.63) is 41.1 Å². The molecule has 0 unspecified atom stereocenters. The van der Waals surface area contributed by atoms with Crippen molar-refractivity contribution in [3.63, 3.8) is 0 Å². The monoisotopic (exact) mass is 333 g/mol.